The van der Waals surface area contributed by atoms with Gasteiger partial charge in [-0.25, -0.2) is 23.0 Å². The van der Waals surface area contributed by atoms with Crippen LogP contribution in [0.25, 0.3) is 10.8 Å². The molecule has 0 spiro atoms. The van der Waals surface area contributed by atoms with Crippen molar-refractivity contribution in [1.29, 1.82) is 0 Å². The third-order valence-corrected chi connectivity index (χ3v) is 14.6. The average Bonchev–Trinajstić information content (AvgIpc) is 4.07. The molecule has 4 aliphatic rings. The Balaban J connectivity index is 1.39. The Hall–Kier alpha value is -5.34. The number of methoxy groups -OCH3 is 1. The maximum Gasteiger partial charge on any atom is 0.511 e. The van der Waals surface area contributed by atoms with E-state index in [1.807, 2.05) is 13.0 Å². The maximum absolute atomic E-state index is 14.9. The molecule has 17 nitrogen and oxygen atoms in total. The molecule has 62 heavy (non-hydrogen) atoms. The molecule has 1 aromatic carbocycles. The number of carbonyl (C=O) groups is 5. The molecule has 340 valence electrons. The minimum atomic E-state index is -4.95. The second-order valence-electron chi connectivity index (χ2n) is 17.4. The highest BCUT2D eigenvalue weighted by Gasteiger charge is 2.63. The monoisotopic (exact) mass is 895 g/mol. The molecule has 2 aromatic rings. The van der Waals surface area contributed by atoms with E-state index >= 15 is 0 Å². The highest BCUT2D eigenvalue weighted by atomic mass is 32.2. The second kappa shape index (κ2) is 17.1. The lowest BCUT2D eigenvalue weighted by molar-refractivity contribution is -0.244. The fourth-order valence-electron chi connectivity index (χ4n) is 7.99. The van der Waals surface area contributed by atoms with Crippen molar-refractivity contribution >= 4 is 50.8 Å². The number of benzene rings is 1. The summed E-state index contributed by atoms with van der Waals surface area (Å²) >= 11 is 0. The number of fused-ring (bicyclic) bond motifs is 3. The number of sulfonamides is 1. The van der Waals surface area contributed by atoms with Crippen molar-refractivity contribution in [3.05, 3.63) is 36.5 Å². The first-order valence-corrected chi connectivity index (χ1v) is 21.9. The summed E-state index contributed by atoms with van der Waals surface area (Å²) in [5, 5.41) is 15.0. The van der Waals surface area contributed by atoms with Crippen LogP contribution in [0.4, 0.5) is 22.8 Å². The van der Waals surface area contributed by atoms with E-state index in [-0.39, 0.29) is 54.1 Å². The standard InChI is InChI=1S/C41H52F3N5O12S/c1-7-23-16-22(2)10-8-9-11-24-19-40(24,35(52)48-62(56,57)39(5)14-15-39)47-32(50)29-18-26(21-49(29)34(51)31(23)46-36(53)61-38(3,4)41(42,43)44)59-33-27-13-12-25(58-6)17-28(27)30(20-45-33)60-37(54)55/h9,11-13,17,20,22-24,26,29,31H,7-8,10,14-16,18-19,21H2,1-6H3,(H,46,53)(H,47,50)(H,48,52)(H,54,55)/b11-9-/t22-,23-,24-,26-,29+,31+,40-/m1/s1. The van der Waals surface area contributed by atoms with E-state index in [4.69, 9.17) is 18.9 Å². The predicted octanol–water partition coefficient (Wildman–Crippen LogP) is 5.36. The van der Waals surface area contributed by atoms with Gasteiger partial charge in [-0.2, -0.15) is 13.2 Å². The topological polar surface area (TPSA) is 229 Å². The van der Waals surface area contributed by atoms with Crippen LogP contribution in [-0.4, -0.2) is 107 Å². The van der Waals surface area contributed by atoms with Crippen LogP contribution in [0.2, 0.25) is 0 Å². The molecule has 1 saturated heterocycles. The maximum atomic E-state index is 14.9. The molecule has 7 atom stereocenters. The van der Waals surface area contributed by atoms with Crippen molar-refractivity contribution in [2.75, 3.05) is 13.7 Å². The molecule has 0 radical (unpaired) electrons. The normalized spacial score (nSPS) is 28.2. The molecule has 0 bridgehead atoms. The first-order chi connectivity index (χ1) is 28.9. The van der Waals surface area contributed by atoms with Crippen LogP contribution < -0.4 is 29.6 Å². The number of nitrogens with one attached hydrogen (secondary N) is 3. The van der Waals surface area contributed by atoms with Crippen molar-refractivity contribution < 1.29 is 69.6 Å². The van der Waals surface area contributed by atoms with Crippen molar-refractivity contribution in [1.82, 2.24) is 25.2 Å². The number of aromatic nitrogens is 1. The van der Waals surface area contributed by atoms with E-state index in [1.54, 1.807) is 19.1 Å². The number of allylic oxidation sites excluding steroid dienone is 1. The number of carbonyl (C=O) groups excluding carboxylic acids is 4. The second-order valence-corrected chi connectivity index (χ2v) is 19.6. The number of rotatable bonds is 10. The van der Waals surface area contributed by atoms with Crippen LogP contribution in [0.1, 0.15) is 86.0 Å². The molecule has 6 rings (SSSR count). The number of alkyl carbamates (subject to hydrolysis) is 1. The molecular weight excluding hydrogens is 844 g/mol. The number of halogens is 3. The Labute approximate surface area is 356 Å². The number of hydrogen-bond acceptors (Lipinski definition) is 12. The average molecular weight is 896 g/mol. The summed E-state index contributed by atoms with van der Waals surface area (Å²) in [5.41, 5.74) is -4.64. The first-order valence-electron chi connectivity index (χ1n) is 20.4. The van der Waals surface area contributed by atoms with E-state index in [2.05, 4.69) is 20.3 Å². The molecule has 3 heterocycles. The number of hydrogen-bond donors (Lipinski definition) is 4. The van der Waals surface area contributed by atoms with Crippen molar-refractivity contribution in [2.45, 2.75) is 126 Å². The van der Waals surface area contributed by atoms with E-state index in [0.717, 1.165) is 11.1 Å². The Morgan fingerprint density at radius 2 is 1.82 bits per heavy atom. The summed E-state index contributed by atoms with van der Waals surface area (Å²) in [6.07, 6.45) is -2.17. The van der Waals surface area contributed by atoms with Gasteiger partial charge in [0, 0.05) is 23.1 Å². The number of carboxylic acid groups (broad SMARTS) is 1. The zero-order chi connectivity index (χ0) is 45.6. The summed E-state index contributed by atoms with van der Waals surface area (Å²) in [6.45, 7) is 6.20. The highest BCUT2D eigenvalue weighted by molar-refractivity contribution is 7.91. The summed E-state index contributed by atoms with van der Waals surface area (Å²) in [5.74, 6) is -3.81. The molecule has 4 N–H and O–H groups in total. The molecule has 0 unspecified atom stereocenters. The van der Waals surface area contributed by atoms with Crippen molar-refractivity contribution in [3.8, 4) is 17.4 Å². The molecule has 2 saturated carbocycles. The zero-order valence-corrected chi connectivity index (χ0v) is 36.0. The highest BCUT2D eigenvalue weighted by Crippen LogP contribution is 2.48. The third kappa shape index (κ3) is 9.51. The van der Waals surface area contributed by atoms with Crippen LogP contribution in [0, 0.1) is 17.8 Å². The van der Waals surface area contributed by atoms with E-state index in [1.165, 1.54) is 26.2 Å². The van der Waals surface area contributed by atoms with Gasteiger partial charge in [0.1, 0.15) is 29.5 Å². The Kier molecular flexibility index (Phi) is 12.7. The van der Waals surface area contributed by atoms with Crippen molar-refractivity contribution in [3.63, 3.8) is 0 Å². The van der Waals surface area contributed by atoms with Crippen LogP contribution in [0.15, 0.2) is 36.5 Å². The zero-order valence-electron chi connectivity index (χ0n) is 35.2. The number of pyridine rings is 1. The Morgan fingerprint density at radius 3 is 2.45 bits per heavy atom. The van der Waals surface area contributed by atoms with Crippen LogP contribution >= 0.6 is 0 Å². The molecule has 4 amide bonds. The molecule has 3 fully saturated rings. The largest absolute Gasteiger partial charge is 0.511 e. The van der Waals surface area contributed by atoms with Gasteiger partial charge in [-0.3, -0.25) is 19.1 Å². The van der Waals surface area contributed by atoms with Gasteiger partial charge in [-0.05, 0) is 89.3 Å². The minimum absolute atomic E-state index is 0.0455. The van der Waals surface area contributed by atoms with E-state index in [9.17, 15) is 50.7 Å². The molecule has 21 heteroatoms. The number of ether oxygens (including phenoxy) is 4. The number of amides is 4. The number of nitrogens with zero attached hydrogens (tertiary/aromatic N) is 2. The summed E-state index contributed by atoms with van der Waals surface area (Å²) in [7, 11) is -2.72. The lowest BCUT2D eigenvalue weighted by atomic mass is 9.85. The summed E-state index contributed by atoms with van der Waals surface area (Å²) < 4.78 is 90.4. The fourth-order valence-corrected chi connectivity index (χ4v) is 9.30. The minimum Gasteiger partial charge on any atom is -0.497 e. The van der Waals surface area contributed by atoms with Gasteiger partial charge in [0.25, 0.3) is 5.91 Å². The van der Waals surface area contributed by atoms with E-state index < -0.39 is 92.1 Å². The van der Waals surface area contributed by atoms with E-state index in [0.29, 0.717) is 51.7 Å². The lowest BCUT2D eigenvalue weighted by Crippen LogP contribution is -2.60. The Morgan fingerprint density at radius 1 is 1.11 bits per heavy atom. The van der Waals surface area contributed by atoms with Crippen molar-refractivity contribution in [2.24, 2.45) is 17.8 Å². The van der Waals surface area contributed by atoms with Crippen LogP contribution in [0.5, 0.6) is 17.4 Å². The molecule has 1 aromatic heterocycles. The summed E-state index contributed by atoms with van der Waals surface area (Å²) in [6, 6.07) is 1.68. The lowest BCUT2D eigenvalue weighted by Gasteiger charge is -2.35. The quantitative estimate of drug-likeness (QED) is 0.174. The third-order valence-electron chi connectivity index (χ3n) is 12.4. The Bertz CT molecular complexity index is 2250. The van der Waals surface area contributed by atoms with Gasteiger partial charge in [0.15, 0.2) is 5.75 Å². The van der Waals surface area contributed by atoms with Gasteiger partial charge in [-0.15, -0.1) is 0 Å². The van der Waals surface area contributed by atoms with Gasteiger partial charge in [0.2, 0.25) is 33.3 Å². The van der Waals surface area contributed by atoms with Crippen LogP contribution in [-0.2, 0) is 29.1 Å². The molecular formula is C41H52F3N5O12S. The molecule has 2 aliphatic heterocycles. The van der Waals surface area contributed by atoms with Gasteiger partial charge in [-0.1, -0.05) is 32.4 Å². The number of alkyl halides is 3. The fraction of sp³-hybridized carbons (Fsp3) is 0.610. The van der Waals surface area contributed by atoms with Crippen LogP contribution in [0.3, 0.4) is 0 Å². The van der Waals surface area contributed by atoms with Gasteiger partial charge < -0.3 is 39.6 Å². The smallest absolute Gasteiger partial charge is 0.497 e. The first kappa shape index (κ1) is 46.2. The molecule has 2 aliphatic carbocycles. The SMILES string of the molecule is CC[C@@H]1C[C@H](C)CC/C=C\[C@@H]2C[C@@]2(C(=O)NS(=O)(=O)C2(C)CC2)NC(=O)[C@@H]2C[C@@H](Oc3ncc(OC(=O)O)c4cc(OC)ccc34)CN2C(=O)[C@H]1NC(=O)OC(C)(C)C(F)(F)F. The predicted molar refractivity (Wildman–Crippen MR) is 215 cm³/mol. The summed E-state index contributed by atoms with van der Waals surface area (Å²) in [4.78, 5) is 73.7. The van der Waals surface area contributed by atoms with Gasteiger partial charge in [0.05, 0.1) is 24.6 Å². The van der Waals surface area contributed by atoms with Gasteiger partial charge >= 0.3 is 18.4 Å².